The van der Waals surface area contributed by atoms with Gasteiger partial charge in [0.15, 0.2) is 5.84 Å². The van der Waals surface area contributed by atoms with Gasteiger partial charge in [0.1, 0.15) is 5.82 Å². The average Bonchev–Trinajstić information content (AvgIpc) is 2.19. The normalized spacial score (nSPS) is 11.4. The first kappa shape index (κ1) is 10.3. The van der Waals surface area contributed by atoms with Crippen molar-refractivity contribution in [2.75, 3.05) is 11.9 Å². The molecule has 0 radical (unpaired) electrons. The third-order valence-corrected chi connectivity index (χ3v) is 1.71. The largest absolute Gasteiger partial charge is 0.409 e. The molecule has 0 fully saturated rings. The van der Waals surface area contributed by atoms with Crippen LogP contribution >= 0.6 is 0 Å². The molecule has 14 heavy (non-hydrogen) atoms. The van der Waals surface area contributed by atoms with Gasteiger partial charge in [-0.1, -0.05) is 11.2 Å². The number of hydrogen-bond donors (Lipinski definition) is 3. The number of amidine groups is 1. The zero-order valence-electron chi connectivity index (χ0n) is 7.79. The van der Waals surface area contributed by atoms with Gasteiger partial charge in [0.25, 0.3) is 0 Å². The molecule has 4 nitrogen and oxygen atoms in total. The molecule has 0 aliphatic carbocycles. The van der Waals surface area contributed by atoms with Crippen LogP contribution in [0.1, 0.15) is 5.56 Å². The molecule has 0 aliphatic rings. The standard InChI is InChI=1S/C9H12FN3O/c1-6-2-3-7(10)8(4-6)12-5-9(11)13-14/h2-4,12,14H,5H2,1H3,(H2,11,13). The van der Waals surface area contributed by atoms with Gasteiger partial charge < -0.3 is 16.3 Å². The maximum atomic E-state index is 13.1. The minimum atomic E-state index is -0.360. The van der Waals surface area contributed by atoms with E-state index >= 15 is 0 Å². The zero-order valence-corrected chi connectivity index (χ0v) is 7.79. The molecule has 0 bridgehead atoms. The van der Waals surface area contributed by atoms with Crippen molar-refractivity contribution in [2.24, 2.45) is 10.9 Å². The van der Waals surface area contributed by atoms with E-state index in [1.165, 1.54) is 6.07 Å². The van der Waals surface area contributed by atoms with Crippen LogP contribution in [0.15, 0.2) is 23.4 Å². The van der Waals surface area contributed by atoms with Gasteiger partial charge in [-0.25, -0.2) is 4.39 Å². The number of hydrogen-bond acceptors (Lipinski definition) is 3. The SMILES string of the molecule is Cc1ccc(F)c(NCC(N)=NO)c1. The summed E-state index contributed by atoms with van der Waals surface area (Å²) in [5.74, 6) is -0.354. The van der Waals surface area contributed by atoms with Gasteiger partial charge in [-0.05, 0) is 24.6 Å². The van der Waals surface area contributed by atoms with E-state index in [2.05, 4.69) is 10.5 Å². The first-order valence-electron chi connectivity index (χ1n) is 4.10. The van der Waals surface area contributed by atoms with Crippen LogP contribution in [0, 0.1) is 12.7 Å². The van der Waals surface area contributed by atoms with Crippen molar-refractivity contribution in [2.45, 2.75) is 6.92 Å². The van der Waals surface area contributed by atoms with E-state index < -0.39 is 0 Å². The van der Waals surface area contributed by atoms with E-state index in [0.717, 1.165) is 5.56 Å². The number of aryl methyl sites for hydroxylation is 1. The van der Waals surface area contributed by atoms with Gasteiger partial charge in [0.05, 0.1) is 12.2 Å². The Morgan fingerprint density at radius 1 is 1.64 bits per heavy atom. The highest BCUT2D eigenvalue weighted by molar-refractivity contribution is 5.84. The Labute approximate surface area is 81.2 Å². The van der Waals surface area contributed by atoms with Gasteiger partial charge >= 0.3 is 0 Å². The minimum Gasteiger partial charge on any atom is -0.409 e. The van der Waals surface area contributed by atoms with Crippen LogP contribution < -0.4 is 11.1 Å². The molecule has 0 unspecified atom stereocenters. The lowest BCUT2D eigenvalue weighted by molar-refractivity contribution is 0.317. The van der Waals surface area contributed by atoms with Crippen molar-refractivity contribution >= 4 is 11.5 Å². The monoisotopic (exact) mass is 197 g/mol. The highest BCUT2D eigenvalue weighted by Gasteiger charge is 2.01. The highest BCUT2D eigenvalue weighted by Crippen LogP contribution is 2.14. The molecular formula is C9H12FN3O. The third kappa shape index (κ3) is 2.62. The van der Waals surface area contributed by atoms with E-state index in [0.29, 0.717) is 5.69 Å². The Balaban J connectivity index is 2.71. The number of anilines is 1. The lowest BCUT2D eigenvalue weighted by Crippen LogP contribution is -2.22. The summed E-state index contributed by atoms with van der Waals surface area (Å²) in [6, 6.07) is 4.69. The number of rotatable bonds is 3. The summed E-state index contributed by atoms with van der Waals surface area (Å²) in [7, 11) is 0. The molecule has 1 aromatic rings. The Morgan fingerprint density at radius 3 is 3.00 bits per heavy atom. The quantitative estimate of drug-likeness (QED) is 0.296. The topological polar surface area (TPSA) is 70.6 Å². The second-order valence-electron chi connectivity index (χ2n) is 2.93. The highest BCUT2D eigenvalue weighted by atomic mass is 19.1. The van der Waals surface area contributed by atoms with E-state index in [1.807, 2.05) is 6.92 Å². The molecule has 0 heterocycles. The number of nitrogens with two attached hydrogens (primary N) is 1. The lowest BCUT2D eigenvalue weighted by atomic mass is 10.2. The first-order valence-corrected chi connectivity index (χ1v) is 4.10. The molecule has 76 valence electrons. The second-order valence-corrected chi connectivity index (χ2v) is 2.93. The Morgan fingerprint density at radius 2 is 2.36 bits per heavy atom. The van der Waals surface area contributed by atoms with Crippen molar-refractivity contribution in [3.8, 4) is 0 Å². The summed E-state index contributed by atoms with van der Waals surface area (Å²) in [5.41, 5.74) is 6.51. The molecule has 1 aromatic carbocycles. The van der Waals surface area contributed by atoms with Crippen LogP contribution in [-0.4, -0.2) is 17.6 Å². The van der Waals surface area contributed by atoms with Crippen LogP contribution in [0.25, 0.3) is 0 Å². The van der Waals surface area contributed by atoms with Crippen molar-refractivity contribution in [3.63, 3.8) is 0 Å². The van der Waals surface area contributed by atoms with Gasteiger partial charge in [-0.3, -0.25) is 0 Å². The number of halogens is 1. The summed E-state index contributed by atoms with van der Waals surface area (Å²) in [4.78, 5) is 0. The van der Waals surface area contributed by atoms with E-state index in [9.17, 15) is 4.39 Å². The molecular weight excluding hydrogens is 185 g/mol. The van der Waals surface area contributed by atoms with E-state index in [4.69, 9.17) is 10.9 Å². The van der Waals surface area contributed by atoms with Crippen LogP contribution in [0.2, 0.25) is 0 Å². The Kier molecular flexibility index (Phi) is 3.28. The summed E-state index contributed by atoms with van der Waals surface area (Å²) >= 11 is 0. The van der Waals surface area contributed by atoms with Crippen LogP contribution in [0.5, 0.6) is 0 Å². The minimum absolute atomic E-state index is 0.00547. The van der Waals surface area contributed by atoms with E-state index in [1.54, 1.807) is 12.1 Å². The lowest BCUT2D eigenvalue weighted by Gasteiger charge is -2.06. The summed E-state index contributed by atoms with van der Waals surface area (Å²) < 4.78 is 13.1. The van der Waals surface area contributed by atoms with Gasteiger partial charge in [-0.2, -0.15) is 0 Å². The van der Waals surface area contributed by atoms with Crippen LogP contribution in [0.4, 0.5) is 10.1 Å². The number of nitrogens with one attached hydrogen (secondary N) is 1. The molecule has 5 heteroatoms. The molecule has 0 saturated carbocycles. The summed E-state index contributed by atoms with van der Waals surface area (Å²) in [6.07, 6.45) is 0. The maximum absolute atomic E-state index is 13.1. The molecule has 0 aromatic heterocycles. The van der Waals surface area contributed by atoms with Crippen molar-refractivity contribution < 1.29 is 9.60 Å². The fourth-order valence-corrected chi connectivity index (χ4v) is 0.996. The number of nitrogens with zero attached hydrogens (tertiary/aromatic N) is 1. The molecule has 0 aliphatic heterocycles. The predicted molar refractivity (Wildman–Crippen MR) is 53.0 cm³/mol. The van der Waals surface area contributed by atoms with Crippen molar-refractivity contribution in [3.05, 3.63) is 29.6 Å². The molecule has 0 saturated heterocycles. The van der Waals surface area contributed by atoms with Crippen LogP contribution in [0.3, 0.4) is 0 Å². The predicted octanol–water partition coefficient (Wildman–Crippen LogP) is 1.29. The number of benzene rings is 1. The van der Waals surface area contributed by atoms with Crippen LogP contribution in [-0.2, 0) is 0 Å². The Bertz CT molecular complexity index is 352. The fraction of sp³-hybridized carbons (Fsp3) is 0.222. The molecule has 1 rings (SSSR count). The van der Waals surface area contributed by atoms with E-state index in [-0.39, 0.29) is 18.2 Å². The summed E-state index contributed by atoms with van der Waals surface area (Å²) in [6.45, 7) is 1.96. The second kappa shape index (κ2) is 4.45. The zero-order chi connectivity index (χ0) is 10.6. The number of oxime groups is 1. The van der Waals surface area contributed by atoms with Gasteiger partial charge in [0.2, 0.25) is 0 Å². The fourth-order valence-electron chi connectivity index (χ4n) is 0.996. The van der Waals surface area contributed by atoms with Crippen molar-refractivity contribution in [1.29, 1.82) is 0 Å². The molecule has 0 atom stereocenters. The van der Waals surface area contributed by atoms with Crippen molar-refractivity contribution in [1.82, 2.24) is 0 Å². The smallest absolute Gasteiger partial charge is 0.158 e. The Hall–Kier alpha value is -1.78. The molecule has 0 spiro atoms. The summed E-state index contributed by atoms with van der Waals surface area (Å²) in [5, 5.41) is 13.7. The average molecular weight is 197 g/mol. The molecule has 0 amide bonds. The first-order chi connectivity index (χ1) is 6.63. The third-order valence-electron chi connectivity index (χ3n) is 1.71. The maximum Gasteiger partial charge on any atom is 0.158 e. The van der Waals surface area contributed by atoms with Gasteiger partial charge in [0, 0.05) is 0 Å². The van der Waals surface area contributed by atoms with Gasteiger partial charge in [-0.15, -0.1) is 0 Å². The molecule has 4 N–H and O–H groups in total.